The van der Waals surface area contributed by atoms with Crippen LogP contribution in [-0.2, 0) is 20.7 Å². The van der Waals surface area contributed by atoms with E-state index in [1.807, 2.05) is 58.9 Å². The third-order valence-electron chi connectivity index (χ3n) is 5.99. The maximum absolute atomic E-state index is 14.2. The molecule has 2 atom stereocenters. The molecule has 0 aliphatic carbocycles. The van der Waals surface area contributed by atoms with Gasteiger partial charge in [-0.2, -0.15) is 0 Å². The Bertz CT molecular complexity index is 882. The SMILES string of the molecule is CCCCCCN(C(=O)C(CC(C)C)NC(=O)OC(C)(C)C)C(C(=O)NC(C)(C)C)c1ccc(CC)cc1. The average molecular weight is 532 g/mol. The summed E-state index contributed by atoms with van der Waals surface area (Å²) in [6.07, 6.45) is 4.53. The van der Waals surface area contributed by atoms with Crippen LogP contribution in [0.4, 0.5) is 4.79 Å². The minimum atomic E-state index is -0.815. The highest BCUT2D eigenvalue weighted by molar-refractivity contribution is 5.92. The molecule has 0 fully saturated rings. The van der Waals surface area contributed by atoms with Crippen molar-refractivity contribution in [2.45, 2.75) is 131 Å². The van der Waals surface area contributed by atoms with Crippen molar-refractivity contribution in [1.29, 1.82) is 0 Å². The van der Waals surface area contributed by atoms with E-state index in [-0.39, 0.29) is 17.7 Å². The third kappa shape index (κ3) is 12.3. The Morgan fingerprint density at radius 2 is 1.53 bits per heavy atom. The highest BCUT2D eigenvalue weighted by Gasteiger charge is 2.37. The summed E-state index contributed by atoms with van der Waals surface area (Å²) < 4.78 is 5.48. The molecular weight excluding hydrogens is 478 g/mol. The van der Waals surface area contributed by atoms with Crippen LogP contribution >= 0.6 is 0 Å². The monoisotopic (exact) mass is 531 g/mol. The van der Waals surface area contributed by atoms with Crippen LogP contribution in [0.2, 0.25) is 0 Å². The van der Waals surface area contributed by atoms with Crippen LogP contribution < -0.4 is 10.6 Å². The number of hydrogen-bond acceptors (Lipinski definition) is 4. The Labute approximate surface area is 231 Å². The highest BCUT2D eigenvalue weighted by Crippen LogP contribution is 2.26. The fraction of sp³-hybridized carbons (Fsp3) is 0.710. The van der Waals surface area contributed by atoms with Crippen LogP contribution in [0.5, 0.6) is 0 Å². The lowest BCUT2D eigenvalue weighted by atomic mass is 9.97. The Balaban J connectivity index is 3.53. The lowest BCUT2D eigenvalue weighted by Crippen LogP contribution is -2.55. The van der Waals surface area contributed by atoms with Crippen LogP contribution in [0.1, 0.15) is 119 Å². The van der Waals surface area contributed by atoms with E-state index < -0.39 is 29.3 Å². The van der Waals surface area contributed by atoms with Gasteiger partial charge in [-0.05, 0) is 77.8 Å². The van der Waals surface area contributed by atoms with E-state index in [1.165, 1.54) is 0 Å². The molecule has 2 N–H and O–H groups in total. The Morgan fingerprint density at radius 1 is 0.921 bits per heavy atom. The summed E-state index contributed by atoms with van der Waals surface area (Å²) in [5, 5.41) is 5.90. The third-order valence-corrected chi connectivity index (χ3v) is 5.99. The van der Waals surface area contributed by atoms with Crippen LogP contribution in [0, 0.1) is 5.92 Å². The molecule has 0 radical (unpaired) electrons. The molecule has 0 aromatic heterocycles. The van der Waals surface area contributed by atoms with E-state index in [9.17, 15) is 14.4 Å². The van der Waals surface area contributed by atoms with E-state index in [0.717, 1.165) is 43.2 Å². The predicted molar refractivity (Wildman–Crippen MR) is 155 cm³/mol. The summed E-state index contributed by atoms with van der Waals surface area (Å²) >= 11 is 0. The van der Waals surface area contributed by atoms with Gasteiger partial charge in [0.15, 0.2) is 0 Å². The molecule has 3 amide bonds. The normalized spacial score (nSPS) is 13.6. The molecule has 0 spiro atoms. The summed E-state index contributed by atoms with van der Waals surface area (Å²) in [5.74, 6) is -0.354. The van der Waals surface area contributed by atoms with Crippen LogP contribution in [0.3, 0.4) is 0 Å². The van der Waals surface area contributed by atoms with E-state index in [0.29, 0.717) is 13.0 Å². The van der Waals surface area contributed by atoms with E-state index in [4.69, 9.17) is 4.74 Å². The van der Waals surface area contributed by atoms with Gasteiger partial charge in [-0.3, -0.25) is 9.59 Å². The van der Waals surface area contributed by atoms with E-state index >= 15 is 0 Å². The van der Waals surface area contributed by atoms with Crippen molar-refractivity contribution in [2.75, 3.05) is 6.54 Å². The summed E-state index contributed by atoms with van der Waals surface area (Å²) in [6, 6.07) is 6.28. The second-order valence-corrected chi connectivity index (χ2v) is 12.7. The van der Waals surface area contributed by atoms with Crippen molar-refractivity contribution in [1.82, 2.24) is 15.5 Å². The minimum Gasteiger partial charge on any atom is -0.444 e. The maximum Gasteiger partial charge on any atom is 0.408 e. The van der Waals surface area contributed by atoms with Gasteiger partial charge in [-0.15, -0.1) is 0 Å². The van der Waals surface area contributed by atoms with Gasteiger partial charge in [0, 0.05) is 12.1 Å². The molecule has 0 aliphatic heterocycles. The van der Waals surface area contributed by atoms with Gasteiger partial charge in [-0.25, -0.2) is 4.79 Å². The highest BCUT2D eigenvalue weighted by atomic mass is 16.6. The number of rotatable bonds is 13. The van der Waals surface area contributed by atoms with Crippen LogP contribution in [-0.4, -0.2) is 46.5 Å². The smallest absolute Gasteiger partial charge is 0.408 e. The number of nitrogens with one attached hydrogen (secondary N) is 2. The fourth-order valence-corrected chi connectivity index (χ4v) is 4.26. The quantitative estimate of drug-likeness (QED) is 0.282. The number of alkyl carbamates (subject to hydrolysis) is 1. The molecule has 7 nitrogen and oxygen atoms in total. The average Bonchev–Trinajstić information content (AvgIpc) is 2.77. The molecule has 7 heteroatoms. The predicted octanol–water partition coefficient (Wildman–Crippen LogP) is 6.55. The Kier molecular flexibility index (Phi) is 13.3. The molecule has 216 valence electrons. The van der Waals surface area contributed by atoms with Crippen molar-refractivity contribution < 1.29 is 19.1 Å². The lowest BCUT2D eigenvalue weighted by Gasteiger charge is -2.36. The number of carbonyl (C=O) groups excluding carboxylic acids is 3. The first-order valence-corrected chi connectivity index (χ1v) is 14.3. The summed E-state index contributed by atoms with van der Waals surface area (Å²) in [6.45, 7) is 19.8. The molecular formula is C31H53N3O4. The first-order chi connectivity index (χ1) is 17.6. The molecule has 38 heavy (non-hydrogen) atoms. The van der Waals surface area contributed by atoms with Gasteiger partial charge < -0.3 is 20.3 Å². The number of carbonyl (C=O) groups is 3. The topological polar surface area (TPSA) is 87.7 Å². The van der Waals surface area contributed by atoms with Crippen molar-refractivity contribution in [3.63, 3.8) is 0 Å². The summed E-state index contributed by atoms with van der Waals surface area (Å²) in [7, 11) is 0. The van der Waals surface area contributed by atoms with Crippen molar-refractivity contribution in [3.05, 3.63) is 35.4 Å². The molecule has 0 aliphatic rings. The second-order valence-electron chi connectivity index (χ2n) is 12.7. The van der Waals surface area contributed by atoms with Crippen LogP contribution in [0.25, 0.3) is 0 Å². The largest absolute Gasteiger partial charge is 0.444 e. The van der Waals surface area contributed by atoms with Crippen LogP contribution in [0.15, 0.2) is 24.3 Å². The molecule has 0 saturated carbocycles. The zero-order chi connectivity index (χ0) is 29.1. The van der Waals surface area contributed by atoms with E-state index in [2.05, 4.69) is 24.5 Å². The zero-order valence-corrected chi connectivity index (χ0v) is 25.6. The first kappa shape index (κ1) is 33.5. The lowest BCUT2D eigenvalue weighted by molar-refractivity contribution is -0.143. The second kappa shape index (κ2) is 15.1. The number of ether oxygens (including phenoxy) is 1. The van der Waals surface area contributed by atoms with Gasteiger partial charge in [0.2, 0.25) is 11.8 Å². The Hall–Kier alpha value is -2.57. The number of benzene rings is 1. The molecule has 0 saturated heterocycles. The molecule has 1 aromatic rings. The fourth-order valence-electron chi connectivity index (χ4n) is 4.26. The van der Waals surface area contributed by atoms with Crippen molar-refractivity contribution in [3.8, 4) is 0 Å². The summed E-state index contributed by atoms with van der Waals surface area (Å²) in [5.41, 5.74) is 0.759. The first-order valence-electron chi connectivity index (χ1n) is 14.3. The summed E-state index contributed by atoms with van der Waals surface area (Å²) in [4.78, 5) is 42.4. The Morgan fingerprint density at radius 3 is 2.00 bits per heavy atom. The van der Waals surface area contributed by atoms with Gasteiger partial charge in [0.1, 0.15) is 17.7 Å². The number of nitrogens with zero attached hydrogens (tertiary/aromatic N) is 1. The van der Waals surface area contributed by atoms with Crippen molar-refractivity contribution in [2.24, 2.45) is 5.92 Å². The molecule has 0 bridgehead atoms. The number of amides is 3. The molecule has 2 unspecified atom stereocenters. The molecule has 1 rings (SSSR count). The van der Waals surface area contributed by atoms with E-state index in [1.54, 1.807) is 25.7 Å². The zero-order valence-electron chi connectivity index (χ0n) is 25.6. The minimum absolute atomic E-state index is 0.145. The molecule has 1 aromatic carbocycles. The number of unbranched alkanes of at least 4 members (excludes halogenated alkanes) is 3. The van der Waals surface area contributed by atoms with Gasteiger partial charge >= 0.3 is 6.09 Å². The van der Waals surface area contributed by atoms with Gasteiger partial charge in [-0.1, -0.05) is 71.2 Å². The maximum atomic E-state index is 14.2. The van der Waals surface area contributed by atoms with Gasteiger partial charge in [0.05, 0.1) is 0 Å². The van der Waals surface area contributed by atoms with Crippen molar-refractivity contribution >= 4 is 17.9 Å². The molecule has 0 heterocycles. The van der Waals surface area contributed by atoms with Gasteiger partial charge in [0.25, 0.3) is 0 Å². The number of aryl methyl sites for hydroxylation is 1. The standard InChI is InChI=1S/C31H53N3O4/c1-11-13-14-15-20-34(28(36)25(21-22(3)4)32-29(37)38-31(8,9)10)26(27(35)33-30(5,6)7)24-18-16-23(12-2)17-19-24/h16-19,22,25-26H,11-15,20-21H2,1-10H3,(H,32,37)(H,33,35). The number of hydrogen-bond donors (Lipinski definition) is 2.